The number of hydrogen-bond donors (Lipinski definition) is 1. The molecule has 100 valence electrons. The van der Waals surface area contributed by atoms with Crippen molar-refractivity contribution in [2.45, 2.75) is 32.6 Å². The molecule has 0 unspecified atom stereocenters. The van der Waals surface area contributed by atoms with Gasteiger partial charge >= 0.3 is 0 Å². The van der Waals surface area contributed by atoms with Crippen molar-refractivity contribution in [1.82, 2.24) is 5.32 Å². The molecule has 1 heterocycles. The van der Waals surface area contributed by atoms with Gasteiger partial charge in [-0.1, -0.05) is 19.8 Å². The van der Waals surface area contributed by atoms with Gasteiger partial charge in [0.25, 0.3) is 0 Å². The summed E-state index contributed by atoms with van der Waals surface area (Å²) in [5, 5.41) is 22.2. The van der Waals surface area contributed by atoms with Crippen molar-refractivity contribution >= 4 is 17.7 Å². The van der Waals surface area contributed by atoms with E-state index in [-0.39, 0.29) is 5.91 Å². The minimum Gasteiger partial charge on any atom is -0.319 e. The number of hydrogen-bond acceptors (Lipinski definition) is 4. The minimum absolute atomic E-state index is 0.250. The van der Waals surface area contributed by atoms with Crippen LogP contribution in [0, 0.1) is 39.9 Å². The Kier molecular flexibility index (Phi) is 3.87. The maximum Gasteiger partial charge on any atom is 0.243 e. The zero-order valence-electron chi connectivity index (χ0n) is 11.2. The van der Waals surface area contributed by atoms with Gasteiger partial charge in [0.2, 0.25) is 5.91 Å². The number of thioether (sulfide) groups is 1. The lowest BCUT2D eigenvalue weighted by atomic mass is 9.59. The highest BCUT2D eigenvalue weighted by atomic mass is 32.2. The lowest BCUT2D eigenvalue weighted by molar-refractivity contribution is -0.127. The van der Waals surface area contributed by atoms with Crippen LogP contribution < -0.4 is 5.32 Å². The van der Waals surface area contributed by atoms with Gasteiger partial charge in [-0.2, -0.15) is 10.5 Å². The first kappa shape index (κ1) is 14.0. The fourth-order valence-electron chi connectivity index (χ4n) is 3.45. The van der Waals surface area contributed by atoms with E-state index in [1.165, 1.54) is 11.8 Å². The predicted molar refractivity (Wildman–Crippen MR) is 73.5 cm³/mol. The molecule has 1 saturated carbocycles. The van der Waals surface area contributed by atoms with Crippen molar-refractivity contribution in [1.29, 1.82) is 10.5 Å². The fourth-order valence-corrected chi connectivity index (χ4v) is 4.10. The molecule has 1 aliphatic carbocycles. The van der Waals surface area contributed by atoms with Crippen molar-refractivity contribution in [3.05, 3.63) is 10.6 Å². The van der Waals surface area contributed by atoms with Crippen LogP contribution in [0.5, 0.6) is 0 Å². The van der Waals surface area contributed by atoms with Gasteiger partial charge in [0, 0.05) is 5.41 Å². The normalized spacial score (nSPS) is 34.6. The SMILES string of the molecule is CSC1=C(C#N)[C@]2(CCC[C@H](C)C2)[C@H](C#N)C(=O)N1. The summed E-state index contributed by atoms with van der Waals surface area (Å²) in [7, 11) is 0. The minimum atomic E-state index is -0.735. The van der Waals surface area contributed by atoms with Gasteiger partial charge in [-0.3, -0.25) is 4.79 Å². The number of nitrogens with one attached hydrogen (secondary N) is 1. The number of carbonyl (C=O) groups excluding carboxylic acids is 1. The number of amides is 1. The summed E-state index contributed by atoms with van der Waals surface area (Å²) in [5.41, 5.74) is 0.0414. The lowest BCUT2D eigenvalue weighted by Gasteiger charge is -2.45. The molecule has 2 rings (SSSR count). The molecule has 1 aliphatic heterocycles. The molecule has 0 radical (unpaired) electrons. The van der Waals surface area contributed by atoms with E-state index in [2.05, 4.69) is 24.4 Å². The van der Waals surface area contributed by atoms with Crippen LogP contribution in [-0.2, 0) is 4.79 Å². The molecule has 19 heavy (non-hydrogen) atoms. The van der Waals surface area contributed by atoms with Crippen LogP contribution in [-0.4, -0.2) is 12.2 Å². The van der Waals surface area contributed by atoms with E-state index in [9.17, 15) is 15.3 Å². The summed E-state index contributed by atoms with van der Waals surface area (Å²) >= 11 is 1.38. The van der Waals surface area contributed by atoms with Crippen LogP contribution in [0.3, 0.4) is 0 Å². The molecule has 0 saturated heterocycles. The molecule has 1 spiro atoms. The molecule has 2 aliphatic rings. The predicted octanol–water partition coefficient (Wildman–Crippen LogP) is 2.55. The second kappa shape index (κ2) is 5.27. The zero-order chi connectivity index (χ0) is 14.0. The Labute approximate surface area is 117 Å². The summed E-state index contributed by atoms with van der Waals surface area (Å²) in [6.07, 6.45) is 5.44. The molecule has 0 aromatic rings. The van der Waals surface area contributed by atoms with Crippen LogP contribution in [0.2, 0.25) is 0 Å². The standard InChI is InChI=1S/C14H17N3OS/c1-9-4-3-5-14(6-9)10(7-15)12(18)17-13(19-2)11(14)8-16/h9-10H,3-6H2,1-2H3,(H,17,18)/t9-,10+,14-/m0/s1. The van der Waals surface area contributed by atoms with Crippen LogP contribution in [0.25, 0.3) is 0 Å². The van der Waals surface area contributed by atoms with E-state index in [0.29, 0.717) is 16.5 Å². The van der Waals surface area contributed by atoms with E-state index < -0.39 is 11.3 Å². The molecular formula is C14H17N3OS. The molecule has 4 nitrogen and oxygen atoms in total. The van der Waals surface area contributed by atoms with E-state index in [0.717, 1.165) is 25.7 Å². The highest BCUT2D eigenvalue weighted by Crippen LogP contribution is 2.53. The number of nitriles is 2. The molecule has 0 bridgehead atoms. The average molecular weight is 275 g/mol. The third-order valence-electron chi connectivity index (χ3n) is 4.25. The molecule has 1 amide bonds. The monoisotopic (exact) mass is 275 g/mol. The molecule has 1 fully saturated rings. The smallest absolute Gasteiger partial charge is 0.243 e. The Bertz CT molecular complexity index is 514. The first-order chi connectivity index (χ1) is 9.08. The first-order valence-electron chi connectivity index (χ1n) is 6.48. The van der Waals surface area contributed by atoms with Crippen LogP contribution in [0.4, 0.5) is 0 Å². The van der Waals surface area contributed by atoms with Gasteiger partial charge in [-0.05, 0) is 25.0 Å². The Morgan fingerprint density at radius 3 is 2.74 bits per heavy atom. The molecule has 0 aromatic carbocycles. The van der Waals surface area contributed by atoms with Crippen LogP contribution in [0.15, 0.2) is 10.6 Å². The summed E-state index contributed by atoms with van der Waals surface area (Å²) in [4.78, 5) is 12.1. The first-order valence-corrected chi connectivity index (χ1v) is 7.71. The Balaban J connectivity index is 2.59. The Morgan fingerprint density at radius 2 is 2.21 bits per heavy atom. The number of nitrogens with zero attached hydrogens (tertiary/aromatic N) is 2. The second-order valence-corrected chi connectivity index (χ2v) is 6.25. The molecule has 3 atom stereocenters. The summed E-state index contributed by atoms with van der Waals surface area (Å²) in [5.74, 6) is -0.539. The van der Waals surface area contributed by atoms with Crippen molar-refractivity contribution < 1.29 is 4.79 Å². The van der Waals surface area contributed by atoms with Crippen LogP contribution >= 0.6 is 11.8 Å². The molecule has 1 N–H and O–H groups in total. The third-order valence-corrected chi connectivity index (χ3v) is 4.97. The largest absolute Gasteiger partial charge is 0.319 e. The van der Waals surface area contributed by atoms with Gasteiger partial charge in [-0.15, -0.1) is 11.8 Å². The van der Waals surface area contributed by atoms with Gasteiger partial charge in [0.1, 0.15) is 5.92 Å². The second-order valence-electron chi connectivity index (χ2n) is 5.43. The average Bonchev–Trinajstić information content (AvgIpc) is 2.38. The maximum absolute atomic E-state index is 12.1. The molecule has 5 heteroatoms. The number of rotatable bonds is 1. The number of carbonyl (C=O) groups is 1. The molecular weight excluding hydrogens is 258 g/mol. The highest BCUT2D eigenvalue weighted by Gasteiger charge is 2.52. The van der Waals surface area contributed by atoms with E-state index in [4.69, 9.17) is 0 Å². The van der Waals surface area contributed by atoms with Gasteiger partial charge in [-0.25, -0.2) is 0 Å². The third kappa shape index (κ3) is 2.13. The van der Waals surface area contributed by atoms with Crippen LogP contribution in [0.1, 0.15) is 32.6 Å². The van der Waals surface area contributed by atoms with Crippen molar-refractivity contribution in [3.63, 3.8) is 0 Å². The zero-order valence-corrected chi connectivity index (χ0v) is 12.0. The van der Waals surface area contributed by atoms with Gasteiger partial charge < -0.3 is 5.32 Å². The quantitative estimate of drug-likeness (QED) is 0.797. The van der Waals surface area contributed by atoms with Gasteiger partial charge in [0.15, 0.2) is 0 Å². The van der Waals surface area contributed by atoms with Crippen molar-refractivity contribution in [2.24, 2.45) is 17.3 Å². The van der Waals surface area contributed by atoms with E-state index in [1.807, 2.05) is 6.26 Å². The highest BCUT2D eigenvalue weighted by molar-refractivity contribution is 8.02. The van der Waals surface area contributed by atoms with E-state index in [1.54, 1.807) is 0 Å². The maximum atomic E-state index is 12.1. The van der Waals surface area contributed by atoms with Crippen molar-refractivity contribution in [3.8, 4) is 12.1 Å². The topological polar surface area (TPSA) is 76.7 Å². The lowest BCUT2D eigenvalue weighted by Crippen LogP contribution is -2.49. The number of allylic oxidation sites excluding steroid dienone is 1. The van der Waals surface area contributed by atoms with E-state index >= 15 is 0 Å². The summed E-state index contributed by atoms with van der Waals surface area (Å²) < 4.78 is 0. The fraction of sp³-hybridized carbons (Fsp3) is 0.643. The van der Waals surface area contributed by atoms with Gasteiger partial charge in [0.05, 0.1) is 22.7 Å². The summed E-state index contributed by atoms with van der Waals surface area (Å²) in [6, 6.07) is 4.40. The summed E-state index contributed by atoms with van der Waals surface area (Å²) in [6.45, 7) is 2.13. The van der Waals surface area contributed by atoms with Crippen molar-refractivity contribution in [2.75, 3.05) is 6.26 Å². The Morgan fingerprint density at radius 1 is 1.47 bits per heavy atom. The molecule has 0 aromatic heterocycles. The Hall–Kier alpha value is -1.46.